The Kier molecular flexibility index (Phi) is 6.28. The fourth-order valence-corrected chi connectivity index (χ4v) is 4.28. The Hall–Kier alpha value is -3.16. The second kappa shape index (κ2) is 9.00. The largest absolute Gasteiger partial charge is 0.372 e. The van der Waals surface area contributed by atoms with Gasteiger partial charge in [-0.1, -0.05) is 23.2 Å². The summed E-state index contributed by atoms with van der Waals surface area (Å²) in [5.74, 6) is -0.516. The van der Waals surface area contributed by atoms with Crippen LogP contribution in [-0.4, -0.2) is 34.5 Å². The lowest BCUT2D eigenvalue weighted by atomic mass is 10.1. The van der Waals surface area contributed by atoms with Crippen LogP contribution >= 0.6 is 23.2 Å². The number of aromatic amines is 1. The van der Waals surface area contributed by atoms with Gasteiger partial charge in [-0.2, -0.15) is 4.99 Å². The molecule has 0 atom stereocenters. The van der Waals surface area contributed by atoms with Gasteiger partial charge in [-0.3, -0.25) is 14.7 Å². The average molecular weight is 484 g/mol. The Labute approximate surface area is 200 Å². The highest BCUT2D eigenvalue weighted by molar-refractivity contribution is 6.54. The summed E-state index contributed by atoms with van der Waals surface area (Å²) in [4.78, 5) is 37.0. The summed E-state index contributed by atoms with van der Waals surface area (Å²) in [5, 5.41) is 3.91. The zero-order chi connectivity index (χ0) is 23.9. The molecule has 3 aromatic rings. The minimum atomic E-state index is -0.516. The van der Waals surface area contributed by atoms with Crippen LogP contribution in [0, 0.1) is 6.92 Å². The Morgan fingerprint density at radius 2 is 1.79 bits per heavy atom. The molecule has 0 unspecified atom stereocenters. The van der Waals surface area contributed by atoms with Crippen LogP contribution in [0.5, 0.6) is 0 Å². The van der Waals surface area contributed by atoms with E-state index in [1.807, 2.05) is 25.1 Å². The highest BCUT2D eigenvalue weighted by atomic mass is 35.5. The first kappa shape index (κ1) is 23.0. The SMILES string of the molecule is CCN(CC)c1ccc(N=C2C(=O)N=c3[nH]n(-c4cc(Cl)ccc4Cl)c(=O)c3=C2C)c(C)c1. The summed E-state index contributed by atoms with van der Waals surface area (Å²) in [7, 11) is 0. The number of benzene rings is 2. The Balaban J connectivity index is 1.86. The third-order valence-electron chi connectivity index (χ3n) is 5.71. The van der Waals surface area contributed by atoms with Gasteiger partial charge in [0.1, 0.15) is 5.71 Å². The van der Waals surface area contributed by atoms with E-state index in [1.54, 1.807) is 25.1 Å². The van der Waals surface area contributed by atoms with Gasteiger partial charge < -0.3 is 4.90 Å². The molecule has 7 nitrogen and oxygen atoms in total. The number of nitrogens with zero attached hydrogens (tertiary/aromatic N) is 4. The maximum absolute atomic E-state index is 13.2. The first-order valence-electron chi connectivity index (χ1n) is 10.6. The van der Waals surface area contributed by atoms with E-state index < -0.39 is 5.91 Å². The summed E-state index contributed by atoms with van der Waals surface area (Å²) in [6, 6.07) is 10.7. The molecular formula is C24H23Cl2N5O2. The molecule has 1 aromatic heterocycles. The van der Waals surface area contributed by atoms with E-state index in [1.165, 1.54) is 4.68 Å². The molecule has 0 saturated heterocycles. The third kappa shape index (κ3) is 4.14. The predicted molar refractivity (Wildman–Crippen MR) is 133 cm³/mol. The molecule has 4 rings (SSSR count). The molecule has 170 valence electrons. The maximum Gasteiger partial charge on any atom is 0.297 e. The van der Waals surface area contributed by atoms with Crippen LogP contribution in [0.15, 0.2) is 51.2 Å². The lowest BCUT2D eigenvalue weighted by Gasteiger charge is -2.21. The highest BCUT2D eigenvalue weighted by Gasteiger charge is 2.23. The Morgan fingerprint density at radius 3 is 2.45 bits per heavy atom. The summed E-state index contributed by atoms with van der Waals surface area (Å²) in [5.41, 5.74) is 3.43. The topological polar surface area (TPSA) is 82.8 Å². The summed E-state index contributed by atoms with van der Waals surface area (Å²) >= 11 is 12.4. The van der Waals surface area contributed by atoms with Crippen molar-refractivity contribution in [2.45, 2.75) is 27.7 Å². The van der Waals surface area contributed by atoms with Crippen LogP contribution < -0.4 is 21.2 Å². The smallest absolute Gasteiger partial charge is 0.297 e. The van der Waals surface area contributed by atoms with Crippen molar-refractivity contribution in [3.63, 3.8) is 0 Å². The molecule has 0 aliphatic carbocycles. The zero-order valence-corrected chi connectivity index (χ0v) is 20.3. The fourth-order valence-electron chi connectivity index (χ4n) is 3.91. The van der Waals surface area contributed by atoms with Crippen molar-refractivity contribution in [2.24, 2.45) is 9.98 Å². The standard InChI is InChI=1S/C24H23Cl2N5O2/c1-5-30(6-2)16-8-10-18(13(3)11-16)27-21-14(4)20-22(28-23(21)32)29-31(24(20)33)19-12-15(25)7-9-17(19)26/h7-12H,5-6H2,1-4H3,(H,28,29,32). The second-order valence-corrected chi connectivity index (χ2v) is 8.56. The van der Waals surface area contributed by atoms with Gasteiger partial charge in [0.25, 0.3) is 11.5 Å². The minimum Gasteiger partial charge on any atom is -0.372 e. The van der Waals surface area contributed by atoms with Gasteiger partial charge in [-0.05, 0) is 75.2 Å². The molecule has 2 heterocycles. The first-order valence-corrected chi connectivity index (χ1v) is 11.4. The van der Waals surface area contributed by atoms with E-state index in [0.717, 1.165) is 24.3 Å². The van der Waals surface area contributed by atoms with Gasteiger partial charge in [-0.25, -0.2) is 9.67 Å². The summed E-state index contributed by atoms with van der Waals surface area (Å²) < 4.78 is 1.24. The van der Waals surface area contributed by atoms with E-state index in [2.05, 4.69) is 33.8 Å². The van der Waals surface area contributed by atoms with E-state index in [-0.39, 0.29) is 22.0 Å². The minimum absolute atomic E-state index is 0.140. The van der Waals surface area contributed by atoms with Gasteiger partial charge >= 0.3 is 0 Å². The number of amides is 1. The highest BCUT2D eigenvalue weighted by Crippen LogP contribution is 2.26. The second-order valence-electron chi connectivity index (χ2n) is 7.72. The van der Waals surface area contributed by atoms with Crippen molar-refractivity contribution in [3.05, 3.63) is 73.1 Å². The first-order chi connectivity index (χ1) is 15.7. The summed E-state index contributed by atoms with van der Waals surface area (Å²) in [6.07, 6.45) is 0. The average Bonchev–Trinajstić information content (AvgIpc) is 3.10. The monoisotopic (exact) mass is 483 g/mol. The van der Waals surface area contributed by atoms with Crippen molar-refractivity contribution >= 4 is 51.8 Å². The lowest BCUT2D eigenvalue weighted by Crippen LogP contribution is -2.43. The number of H-pyrrole nitrogens is 1. The fraction of sp³-hybridized carbons (Fsp3) is 0.250. The number of rotatable bonds is 5. The number of fused-ring (bicyclic) bond motifs is 1. The Bertz CT molecular complexity index is 1480. The summed E-state index contributed by atoms with van der Waals surface area (Å²) in [6.45, 7) is 9.64. The van der Waals surface area contributed by atoms with Crippen LogP contribution in [0.2, 0.25) is 10.0 Å². The van der Waals surface area contributed by atoms with Gasteiger partial charge in [0.15, 0.2) is 5.49 Å². The molecule has 0 fully saturated rings. The molecule has 2 aromatic carbocycles. The number of aliphatic imine (C=N–C) groups is 1. The van der Waals surface area contributed by atoms with Crippen LogP contribution in [-0.2, 0) is 4.79 Å². The van der Waals surface area contributed by atoms with Crippen molar-refractivity contribution in [1.82, 2.24) is 9.78 Å². The van der Waals surface area contributed by atoms with Crippen LogP contribution in [0.25, 0.3) is 11.3 Å². The number of aryl methyl sites for hydroxylation is 1. The van der Waals surface area contributed by atoms with E-state index in [0.29, 0.717) is 27.0 Å². The van der Waals surface area contributed by atoms with Gasteiger partial charge in [0.2, 0.25) is 0 Å². The molecule has 0 bridgehead atoms. The van der Waals surface area contributed by atoms with Gasteiger partial charge in [0, 0.05) is 23.8 Å². The molecule has 1 aliphatic heterocycles. The molecule has 0 saturated carbocycles. The van der Waals surface area contributed by atoms with Crippen LogP contribution in [0.1, 0.15) is 26.3 Å². The van der Waals surface area contributed by atoms with E-state index >= 15 is 0 Å². The van der Waals surface area contributed by atoms with Crippen LogP contribution in [0.3, 0.4) is 0 Å². The van der Waals surface area contributed by atoms with Crippen molar-refractivity contribution in [3.8, 4) is 5.69 Å². The van der Waals surface area contributed by atoms with Crippen molar-refractivity contribution in [2.75, 3.05) is 18.0 Å². The molecule has 9 heteroatoms. The Morgan fingerprint density at radius 1 is 1.06 bits per heavy atom. The molecule has 0 radical (unpaired) electrons. The predicted octanol–water partition coefficient (Wildman–Crippen LogP) is 3.73. The lowest BCUT2D eigenvalue weighted by molar-refractivity contribution is -0.112. The molecule has 1 amide bonds. The number of halogens is 2. The van der Waals surface area contributed by atoms with Crippen LogP contribution in [0.4, 0.5) is 11.4 Å². The number of carbonyl (C=O) groups is 1. The van der Waals surface area contributed by atoms with E-state index in [4.69, 9.17) is 23.2 Å². The number of hydrogen-bond donors (Lipinski definition) is 1. The maximum atomic E-state index is 13.2. The number of anilines is 1. The van der Waals surface area contributed by atoms with Gasteiger partial charge in [-0.15, -0.1) is 0 Å². The number of aromatic nitrogens is 2. The quantitative estimate of drug-likeness (QED) is 0.599. The van der Waals surface area contributed by atoms with Gasteiger partial charge in [0.05, 0.1) is 21.6 Å². The number of hydrogen-bond acceptors (Lipinski definition) is 4. The van der Waals surface area contributed by atoms with Crippen molar-refractivity contribution in [1.29, 1.82) is 0 Å². The molecule has 0 spiro atoms. The van der Waals surface area contributed by atoms with E-state index in [9.17, 15) is 9.59 Å². The zero-order valence-electron chi connectivity index (χ0n) is 18.7. The molecule has 1 N–H and O–H groups in total. The molecular weight excluding hydrogens is 461 g/mol. The number of carbonyl (C=O) groups excluding carboxylic acids is 1. The third-order valence-corrected chi connectivity index (χ3v) is 6.26. The number of nitrogens with one attached hydrogen (secondary N) is 1. The molecule has 1 aliphatic rings. The molecule has 33 heavy (non-hydrogen) atoms. The normalized spacial score (nSPS) is 14.4. The van der Waals surface area contributed by atoms with Crippen molar-refractivity contribution < 1.29 is 4.79 Å².